The molecule has 0 aliphatic heterocycles. The average molecular weight is 272 g/mol. The van der Waals surface area contributed by atoms with E-state index in [0.29, 0.717) is 13.2 Å². The molecule has 0 aliphatic rings. The van der Waals surface area contributed by atoms with E-state index >= 15 is 0 Å². The molecule has 2 atom stereocenters. The molecule has 4 heteroatoms. The van der Waals surface area contributed by atoms with Gasteiger partial charge in [0.2, 0.25) is 0 Å². The van der Waals surface area contributed by atoms with E-state index in [9.17, 15) is 0 Å². The van der Waals surface area contributed by atoms with Crippen molar-refractivity contribution in [1.29, 1.82) is 0 Å². The highest BCUT2D eigenvalue weighted by Crippen LogP contribution is 2.19. The van der Waals surface area contributed by atoms with Gasteiger partial charge in [-0.25, -0.2) is 0 Å². The normalized spacial score (nSPS) is 13.7. The number of ether oxygens (including phenoxy) is 2. The van der Waals surface area contributed by atoms with Gasteiger partial charge in [0.05, 0.1) is 12.7 Å². The first kappa shape index (κ1) is 14.5. The highest BCUT2D eigenvalue weighted by atomic mass is 16.5. The summed E-state index contributed by atoms with van der Waals surface area (Å²) in [6.45, 7) is 2.92. The first-order valence-corrected chi connectivity index (χ1v) is 6.72. The first-order valence-electron chi connectivity index (χ1n) is 6.72. The van der Waals surface area contributed by atoms with Crippen LogP contribution in [0.25, 0.3) is 0 Å². The fourth-order valence-electron chi connectivity index (χ4n) is 1.96. The summed E-state index contributed by atoms with van der Waals surface area (Å²) in [4.78, 5) is 4.00. The van der Waals surface area contributed by atoms with Crippen molar-refractivity contribution in [3.63, 3.8) is 0 Å². The van der Waals surface area contributed by atoms with E-state index in [4.69, 9.17) is 15.2 Å². The number of pyridine rings is 1. The van der Waals surface area contributed by atoms with Crippen LogP contribution in [0.1, 0.15) is 18.6 Å². The Morgan fingerprint density at radius 2 is 1.75 bits per heavy atom. The number of aromatic nitrogens is 1. The van der Waals surface area contributed by atoms with Crippen molar-refractivity contribution in [3.8, 4) is 5.75 Å². The quantitative estimate of drug-likeness (QED) is 0.787. The maximum absolute atomic E-state index is 5.98. The van der Waals surface area contributed by atoms with Gasteiger partial charge in [-0.3, -0.25) is 4.98 Å². The van der Waals surface area contributed by atoms with E-state index in [2.05, 4.69) is 4.98 Å². The third kappa shape index (κ3) is 4.33. The maximum atomic E-state index is 5.98. The molecule has 4 nitrogen and oxygen atoms in total. The molecule has 1 aromatic heterocycles. The molecule has 0 spiro atoms. The molecule has 0 saturated carbocycles. The second kappa shape index (κ2) is 7.62. The van der Waals surface area contributed by atoms with Gasteiger partial charge in [-0.15, -0.1) is 0 Å². The summed E-state index contributed by atoms with van der Waals surface area (Å²) in [6.07, 6.45) is 3.35. The summed E-state index contributed by atoms with van der Waals surface area (Å²) in [5, 5.41) is 0. The van der Waals surface area contributed by atoms with Crippen molar-refractivity contribution in [2.24, 2.45) is 5.73 Å². The third-order valence-corrected chi connectivity index (χ3v) is 2.90. The van der Waals surface area contributed by atoms with E-state index in [1.165, 1.54) is 0 Å². The molecule has 2 unspecified atom stereocenters. The molecule has 20 heavy (non-hydrogen) atoms. The van der Waals surface area contributed by atoms with Crippen LogP contribution in [0.5, 0.6) is 5.75 Å². The molecule has 1 aromatic carbocycles. The Hall–Kier alpha value is -1.91. The van der Waals surface area contributed by atoms with E-state index in [1.54, 1.807) is 12.4 Å². The van der Waals surface area contributed by atoms with Gasteiger partial charge >= 0.3 is 0 Å². The average Bonchev–Trinajstić information content (AvgIpc) is 2.49. The van der Waals surface area contributed by atoms with Crippen LogP contribution in [0.4, 0.5) is 0 Å². The fourth-order valence-corrected chi connectivity index (χ4v) is 1.96. The molecule has 0 amide bonds. The molecule has 0 bridgehead atoms. The van der Waals surface area contributed by atoms with Gasteiger partial charge in [0.15, 0.2) is 0 Å². The summed E-state index contributed by atoms with van der Waals surface area (Å²) < 4.78 is 11.4. The second-order valence-corrected chi connectivity index (χ2v) is 4.59. The van der Waals surface area contributed by atoms with Crippen molar-refractivity contribution < 1.29 is 9.47 Å². The largest absolute Gasteiger partial charge is 0.491 e. The van der Waals surface area contributed by atoms with Gasteiger partial charge < -0.3 is 15.2 Å². The molecule has 2 aromatic rings. The van der Waals surface area contributed by atoms with Crippen molar-refractivity contribution in [2.75, 3.05) is 13.2 Å². The summed E-state index contributed by atoms with van der Waals surface area (Å²) in [6, 6.07) is 13.4. The number of benzene rings is 1. The number of nitrogens with two attached hydrogens (primary N) is 1. The fraction of sp³-hybridized carbons (Fsp3) is 0.312. The second-order valence-electron chi connectivity index (χ2n) is 4.59. The number of rotatable bonds is 7. The molecule has 0 radical (unpaired) electrons. The summed E-state index contributed by atoms with van der Waals surface area (Å²) in [5.41, 5.74) is 7.01. The minimum atomic E-state index is -0.141. The lowest BCUT2D eigenvalue weighted by molar-refractivity contribution is 0.0208. The van der Waals surface area contributed by atoms with E-state index < -0.39 is 0 Å². The van der Waals surface area contributed by atoms with Crippen molar-refractivity contribution >= 4 is 0 Å². The lowest BCUT2D eigenvalue weighted by Gasteiger charge is -2.21. The van der Waals surface area contributed by atoms with E-state index in [-0.39, 0.29) is 12.1 Å². The van der Waals surface area contributed by atoms with Gasteiger partial charge in [0, 0.05) is 18.4 Å². The Bertz CT molecular complexity index is 488. The molecule has 0 fully saturated rings. The highest BCUT2D eigenvalue weighted by molar-refractivity contribution is 5.20. The molecule has 106 valence electrons. The molecule has 2 rings (SSSR count). The minimum Gasteiger partial charge on any atom is -0.491 e. The topological polar surface area (TPSA) is 57.4 Å². The number of para-hydroxylation sites is 1. The maximum Gasteiger partial charge on any atom is 0.119 e. The molecular weight excluding hydrogens is 252 g/mol. The van der Waals surface area contributed by atoms with Crippen LogP contribution >= 0.6 is 0 Å². The minimum absolute atomic E-state index is 0.0888. The number of hydrogen-bond acceptors (Lipinski definition) is 4. The van der Waals surface area contributed by atoms with Crippen LogP contribution in [-0.2, 0) is 4.74 Å². The lowest BCUT2D eigenvalue weighted by atomic mass is 10.1. The van der Waals surface area contributed by atoms with Crippen LogP contribution in [0.2, 0.25) is 0 Å². The SMILES string of the molecule is CC(N)C(OCCOc1ccccc1)c1ccncc1. The zero-order valence-electron chi connectivity index (χ0n) is 11.6. The van der Waals surface area contributed by atoms with Crippen LogP contribution in [-0.4, -0.2) is 24.2 Å². The Balaban J connectivity index is 1.82. The van der Waals surface area contributed by atoms with Crippen LogP contribution in [0.15, 0.2) is 54.9 Å². The monoisotopic (exact) mass is 272 g/mol. The predicted octanol–water partition coefficient (Wildman–Crippen LogP) is 2.57. The van der Waals surface area contributed by atoms with Crippen molar-refractivity contribution in [1.82, 2.24) is 4.98 Å². The highest BCUT2D eigenvalue weighted by Gasteiger charge is 2.16. The van der Waals surface area contributed by atoms with Crippen LogP contribution in [0, 0.1) is 0 Å². The van der Waals surface area contributed by atoms with Crippen molar-refractivity contribution in [2.45, 2.75) is 19.1 Å². The van der Waals surface area contributed by atoms with Gasteiger partial charge in [0.25, 0.3) is 0 Å². The number of nitrogens with zero attached hydrogens (tertiary/aromatic N) is 1. The van der Waals surface area contributed by atoms with Gasteiger partial charge in [-0.1, -0.05) is 18.2 Å². The van der Waals surface area contributed by atoms with Crippen molar-refractivity contribution in [3.05, 3.63) is 60.4 Å². The Morgan fingerprint density at radius 3 is 2.40 bits per heavy atom. The summed E-state index contributed by atoms with van der Waals surface area (Å²) >= 11 is 0. The Morgan fingerprint density at radius 1 is 1.05 bits per heavy atom. The van der Waals surface area contributed by atoms with E-state index in [1.807, 2.05) is 49.4 Å². The number of hydrogen-bond donors (Lipinski definition) is 1. The zero-order chi connectivity index (χ0) is 14.2. The summed E-state index contributed by atoms with van der Waals surface area (Å²) in [7, 11) is 0. The van der Waals surface area contributed by atoms with Gasteiger partial charge in [0.1, 0.15) is 12.4 Å². The molecule has 0 saturated heterocycles. The first-order chi connectivity index (χ1) is 9.77. The van der Waals surface area contributed by atoms with Gasteiger partial charge in [-0.05, 0) is 36.8 Å². The van der Waals surface area contributed by atoms with Crippen LogP contribution in [0.3, 0.4) is 0 Å². The zero-order valence-corrected chi connectivity index (χ0v) is 11.6. The predicted molar refractivity (Wildman–Crippen MR) is 78.5 cm³/mol. The summed E-state index contributed by atoms with van der Waals surface area (Å²) in [5.74, 6) is 0.845. The third-order valence-electron chi connectivity index (χ3n) is 2.90. The Labute approximate surface area is 119 Å². The van der Waals surface area contributed by atoms with Gasteiger partial charge in [-0.2, -0.15) is 0 Å². The molecule has 2 N–H and O–H groups in total. The van der Waals surface area contributed by atoms with E-state index in [0.717, 1.165) is 11.3 Å². The molecular formula is C16H20N2O2. The lowest BCUT2D eigenvalue weighted by Crippen LogP contribution is -2.28. The standard InChI is InChI=1S/C16H20N2O2/c1-13(17)16(14-7-9-18-10-8-14)20-12-11-19-15-5-3-2-4-6-15/h2-10,13,16H,11-12,17H2,1H3. The smallest absolute Gasteiger partial charge is 0.119 e. The molecule has 1 heterocycles. The molecule has 0 aliphatic carbocycles. The Kier molecular flexibility index (Phi) is 5.53. The van der Waals surface area contributed by atoms with Crippen LogP contribution < -0.4 is 10.5 Å².